The number of halogens is 1. The molecule has 1 rings (SSSR count). The topological polar surface area (TPSA) is 73.5 Å². The van der Waals surface area contributed by atoms with E-state index in [1.807, 2.05) is 0 Å². The molecule has 6 heteroatoms. The van der Waals surface area contributed by atoms with Gasteiger partial charge in [0.05, 0.1) is 5.56 Å². The second kappa shape index (κ2) is 3.89. The van der Waals surface area contributed by atoms with Crippen LogP contribution < -0.4 is 4.65 Å². The number of rotatable bonds is 2. The van der Waals surface area contributed by atoms with Crippen LogP contribution in [0.3, 0.4) is 0 Å². The van der Waals surface area contributed by atoms with Crippen molar-refractivity contribution < 1.29 is 19.1 Å². The van der Waals surface area contributed by atoms with E-state index < -0.39 is 13.1 Å². The molecule has 0 amide bonds. The molecule has 13 heavy (non-hydrogen) atoms. The highest BCUT2D eigenvalue weighted by atomic mass is 19.1. The largest absolute Gasteiger partial charge is 0.707 e. The molecule has 1 aromatic rings. The van der Waals surface area contributed by atoms with Crippen molar-refractivity contribution >= 4 is 7.32 Å². The van der Waals surface area contributed by atoms with E-state index in [0.717, 1.165) is 12.1 Å². The fourth-order valence-electron chi connectivity index (χ4n) is 0.800. The molecule has 0 atom stereocenters. The first-order valence-electron chi connectivity index (χ1n) is 3.36. The molecule has 4 nitrogen and oxygen atoms in total. The van der Waals surface area contributed by atoms with Gasteiger partial charge in [0.15, 0.2) is 0 Å². The first-order chi connectivity index (χ1) is 6.13. The minimum Gasteiger partial charge on any atom is -0.511 e. The summed E-state index contributed by atoms with van der Waals surface area (Å²) in [5.74, 6) is -0.813. The highest BCUT2D eigenvalue weighted by Crippen LogP contribution is 2.18. The summed E-state index contributed by atoms with van der Waals surface area (Å²) in [6, 6.07) is 4.88. The Morgan fingerprint density at radius 1 is 1.46 bits per heavy atom. The van der Waals surface area contributed by atoms with E-state index >= 15 is 0 Å². The quantitative estimate of drug-likeness (QED) is 0.631. The Morgan fingerprint density at radius 2 is 2.15 bits per heavy atom. The third-order valence-corrected chi connectivity index (χ3v) is 1.30. The van der Waals surface area contributed by atoms with E-state index in [1.54, 1.807) is 6.07 Å². The SMILES string of the molecule is N#Cc1ccc(F)cc1OB(O)O. The average molecular weight is 181 g/mol. The van der Waals surface area contributed by atoms with E-state index in [0.29, 0.717) is 0 Å². The molecule has 0 aromatic heterocycles. The molecule has 0 aliphatic heterocycles. The van der Waals surface area contributed by atoms with Crippen LogP contribution >= 0.6 is 0 Å². The Balaban J connectivity index is 3.03. The standard InChI is InChI=1S/C7H5BFNO3/c9-6-2-1-5(4-10)7(3-6)13-8(11)12/h1-3,11-12H. The van der Waals surface area contributed by atoms with Crippen LogP contribution in [0.5, 0.6) is 5.75 Å². The fourth-order valence-corrected chi connectivity index (χ4v) is 0.800. The molecule has 0 bridgehead atoms. The molecule has 0 heterocycles. The highest BCUT2D eigenvalue weighted by molar-refractivity contribution is 6.33. The summed E-state index contributed by atoms with van der Waals surface area (Å²) in [6.07, 6.45) is 0. The second-order valence-corrected chi connectivity index (χ2v) is 2.20. The molecule has 66 valence electrons. The third kappa shape index (κ3) is 2.44. The molecule has 0 spiro atoms. The van der Waals surface area contributed by atoms with Gasteiger partial charge in [0, 0.05) is 6.07 Å². The van der Waals surface area contributed by atoms with Crippen LogP contribution in [-0.2, 0) is 0 Å². The zero-order chi connectivity index (χ0) is 9.84. The predicted molar refractivity (Wildman–Crippen MR) is 41.9 cm³/mol. The first kappa shape index (κ1) is 9.51. The maximum atomic E-state index is 12.6. The summed E-state index contributed by atoms with van der Waals surface area (Å²) in [7, 11) is -2.06. The summed E-state index contributed by atoms with van der Waals surface area (Å²) in [4.78, 5) is 0. The van der Waals surface area contributed by atoms with E-state index in [-0.39, 0.29) is 11.3 Å². The van der Waals surface area contributed by atoms with Gasteiger partial charge in [-0.1, -0.05) is 0 Å². The molecule has 0 unspecified atom stereocenters. The van der Waals surface area contributed by atoms with E-state index in [2.05, 4.69) is 4.65 Å². The molecule has 0 saturated carbocycles. The fraction of sp³-hybridized carbons (Fsp3) is 0. The molecular weight excluding hydrogens is 176 g/mol. The smallest absolute Gasteiger partial charge is 0.511 e. The minimum absolute atomic E-state index is 0.0366. The van der Waals surface area contributed by atoms with Gasteiger partial charge in [-0.2, -0.15) is 5.26 Å². The maximum absolute atomic E-state index is 12.6. The van der Waals surface area contributed by atoms with Crippen molar-refractivity contribution in [2.24, 2.45) is 0 Å². The molecule has 0 aliphatic carbocycles. The molecular formula is C7H5BFNO3. The summed E-state index contributed by atoms with van der Waals surface area (Å²) in [5, 5.41) is 25.3. The van der Waals surface area contributed by atoms with Gasteiger partial charge in [0.1, 0.15) is 17.6 Å². The Bertz CT molecular complexity index is 350. The Labute approximate surface area is 74.0 Å². The lowest BCUT2D eigenvalue weighted by Crippen LogP contribution is -2.21. The summed E-state index contributed by atoms with van der Waals surface area (Å²) in [6.45, 7) is 0. The third-order valence-electron chi connectivity index (χ3n) is 1.30. The zero-order valence-electron chi connectivity index (χ0n) is 6.44. The lowest BCUT2D eigenvalue weighted by Gasteiger charge is -2.05. The minimum atomic E-state index is -2.06. The number of nitriles is 1. The summed E-state index contributed by atoms with van der Waals surface area (Å²) in [5.41, 5.74) is 0.0366. The van der Waals surface area contributed by atoms with Crippen LogP contribution in [-0.4, -0.2) is 17.4 Å². The molecule has 0 aliphatic rings. The lowest BCUT2D eigenvalue weighted by atomic mass is 10.2. The van der Waals surface area contributed by atoms with Crippen molar-refractivity contribution in [2.45, 2.75) is 0 Å². The van der Waals surface area contributed by atoms with Crippen LogP contribution in [0.4, 0.5) is 4.39 Å². The zero-order valence-corrected chi connectivity index (χ0v) is 6.44. The highest BCUT2D eigenvalue weighted by Gasteiger charge is 2.14. The van der Waals surface area contributed by atoms with Crippen LogP contribution in [0.2, 0.25) is 0 Å². The number of benzene rings is 1. The number of nitrogens with zero attached hydrogens (tertiary/aromatic N) is 1. The van der Waals surface area contributed by atoms with Gasteiger partial charge in [-0.3, -0.25) is 0 Å². The van der Waals surface area contributed by atoms with Crippen molar-refractivity contribution in [2.75, 3.05) is 0 Å². The van der Waals surface area contributed by atoms with Gasteiger partial charge in [0.2, 0.25) is 0 Å². The van der Waals surface area contributed by atoms with Crippen molar-refractivity contribution in [1.82, 2.24) is 0 Å². The average Bonchev–Trinajstić information content (AvgIpc) is 2.03. The second-order valence-electron chi connectivity index (χ2n) is 2.20. The normalized spacial score (nSPS) is 9.08. The van der Waals surface area contributed by atoms with Gasteiger partial charge >= 0.3 is 7.32 Å². The van der Waals surface area contributed by atoms with Crippen molar-refractivity contribution in [3.8, 4) is 11.8 Å². The van der Waals surface area contributed by atoms with Crippen molar-refractivity contribution in [3.63, 3.8) is 0 Å². The van der Waals surface area contributed by atoms with Crippen LogP contribution in [0, 0.1) is 17.1 Å². The monoisotopic (exact) mass is 181 g/mol. The molecule has 2 N–H and O–H groups in total. The van der Waals surface area contributed by atoms with E-state index in [1.165, 1.54) is 6.07 Å². The summed E-state index contributed by atoms with van der Waals surface area (Å²) < 4.78 is 16.9. The molecule has 0 radical (unpaired) electrons. The van der Waals surface area contributed by atoms with E-state index in [4.69, 9.17) is 15.3 Å². The Morgan fingerprint density at radius 3 is 2.69 bits per heavy atom. The van der Waals surface area contributed by atoms with Crippen molar-refractivity contribution in [1.29, 1.82) is 5.26 Å². The molecule has 0 saturated heterocycles. The number of hydrogen-bond donors (Lipinski definition) is 2. The lowest BCUT2D eigenvalue weighted by molar-refractivity contribution is 0.287. The maximum Gasteiger partial charge on any atom is 0.707 e. The predicted octanol–water partition coefficient (Wildman–Crippen LogP) is 0.0457. The Hall–Kier alpha value is -1.58. The first-order valence-corrected chi connectivity index (χ1v) is 3.36. The van der Waals surface area contributed by atoms with Crippen molar-refractivity contribution in [3.05, 3.63) is 29.6 Å². The van der Waals surface area contributed by atoms with Crippen LogP contribution in [0.25, 0.3) is 0 Å². The van der Waals surface area contributed by atoms with Crippen LogP contribution in [0.1, 0.15) is 5.56 Å². The van der Waals surface area contributed by atoms with Gasteiger partial charge in [-0.25, -0.2) is 4.39 Å². The van der Waals surface area contributed by atoms with Gasteiger partial charge < -0.3 is 14.7 Å². The van der Waals surface area contributed by atoms with Gasteiger partial charge in [0.25, 0.3) is 0 Å². The van der Waals surface area contributed by atoms with E-state index in [9.17, 15) is 4.39 Å². The Kier molecular flexibility index (Phi) is 2.85. The van der Waals surface area contributed by atoms with Crippen LogP contribution in [0.15, 0.2) is 18.2 Å². The molecule has 1 aromatic carbocycles. The van der Waals surface area contributed by atoms with Gasteiger partial charge in [-0.15, -0.1) is 0 Å². The number of hydrogen-bond acceptors (Lipinski definition) is 4. The van der Waals surface area contributed by atoms with Gasteiger partial charge in [-0.05, 0) is 12.1 Å². The molecule has 0 fully saturated rings. The summed E-state index contributed by atoms with van der Waals surface area (Å²) >= 11 is 0.